The highest BCUT2D eigenvalue weighted by Gasteiger charge is 2.08. The first-order chi connectivity index (χ1) is 4.95. The number of hydrogen-bond acceptors (Lipinski definition) is 4. The van der Waals surface area contributed by atoms with Crippen LogP contribution >= 0.6 is 0 Å². The smallest absolute Gasteiger partial charge is 0.384 e. The topological polar surface area (TPSA) is 72.8 Å². The van der Waals surface area contributed by atoms with Crippen molar-refractivity contribution in [3.05, 3.63) is 0 Å². The highest BCUT2D eigenvalue weighted by molar-refractivity contribution is 7.80. The predicted molar refractivity (Wildman–Crippen MR) is 38.5 cm³/mol. The van der Waals surface area contributed by atoms with Crippen LogP contribution < -0.4 is 0 Å². The molecule has 11 heavy (non-hydrogen) atoms. The van der Waals surface area contributed by atoms with Crippen molar-refractivity contribution in [1.29, 1.82) is 0 Å². The lowest BCUT2D eigenvalue weighted by atomic mass is 10.2. The summed E-state index contributed by atoms with van der Waals surface area (Å²) in [5.41, 5.74) is 0. The van der Waals surface area contributed by atoms with E-state index in [1.807, 2.05) is 0 Å². The van der Waals surface area contributed by atoms with Crippen molar-refractivity contribution in [2.45, 2.75) is 6.92 Å². The predicted octanol–water partition coefficient (Wildman–Crippen LogP) is 0.0883. The Kier molecular flexibility index (Phi) is 4.58. The second-order valence-electron chi connectivity index (χ2n) is 2.27. The highest BCUT2D eigenvalue weighted by atomic mass is 32.3. The molecule has 0 heterocycles. The van der Waals surface area contributed by atoms with Crippen LogP contribution in [0.2, 0.25) is 0 Å². The molecule has 6 heteroatoms. The highest BCUT2D eigenvalue weighted by Crippen LogP contribution is 1.98. The van der Waals surface area contributed by atoms with Crippen LogP contribution in [0.1, 0.15) is 6.92 Å². The van der Waals surface area contributed by atoms with E-state index in [1.54, 1.807) is 6.92 Å². The van der Waals surface area contributed by atoms with Crippen molar-refractivity contribution in [2.75, 3.05) is 20.3 Å². The number of hydrogen-bond donors (Lipinski definition) is 1. The molecule has 1 atom stereocenters. The lowest BCUT2D eigenvalue weighted by molar-refractivity contribution is 0.124. The van der Waals surface area contributed by atoms with Crippen molar-refractivity contribution in [2.24, 2.45) is 5.92 Å². The van der Waals surface area contributed by atoms with Crippen LogP contribution in [0.4, 0.5) is 0 Å². The Hall–Kier alpha value is -0.170. The van der Waals surface area contributed by atoms with Gasteiger partial charge in [-0.1, -0.05) is 6.92 Å². The standard InChI is InChI=1S/C5H12O5S/c1-5(3-9-2)4-10-11(6,7)8/h5H,3-4H2,1-2H3,(H,6,7,8). The average molecular weight is 184 g/mol. The zero-order chi connectivity index (χ0) is 8.91. The summed E-state index contributed by atoms with van der Waals surface area (Å²) in [7, 11) is -2.79. The second kappa shape index (κ2) is 4.66. The Bertz CT molecular complexity index is 185. The SMILES string of the molecule is COCC(C)COS(=O)(=O)O. The van der Waals surface area contributed by atoms with E-state index in [2.05, 4.69) is 4.18 Å². The summed E-state index contributed by atoms with van der Waals surface area (Å²) >= 11 is 0. The van der Waals surface area contributed by atoms with Gasteiger partial charge < -0.3 is 4.74 Å². The van der Waals surface area contributed by atoms with Crippen molar-refractivity contribution in [3.63, 3.8) is 0 Å². The summed E-state index contributed by atoms with van der Waals surface area (Å²) in [4.78, 5) is 0. The summed E-state index contributed by atoms with van der Waals surface area (Å²) in [6.07, 6.45) is 0. The normalized spacial score (nSPS) is 14.8. The van der Waals surface area contributed by atoms with Crippen LogP contribution in [0.25, 0.3) is 0 Å². The Labute approximate surface area is 66.3 Å². The molecule has 0 radical (unpaired) electrons. The Morgan fingerprint density at radius 1 is 1.45 bits per heavy atom. The lowest BCUT2D eigenvalue weighted by Crippen LogP contribution is -2.15. The molecule has 0 fully saturated rings. The summed E-state index contributed by atoms with van der Waals surface area (Å²) in [5.74, 6) is -0.0538. The third-order valence-corrected chi connectivity index (χ3v) is 1.39. The molecule has 0 aliphatic heterocycles. The maximum atomic E-state index is 10.0. The van der Waals surface area contributed by atoms with E-state index in [0.29, 0.717) is 6.61 Å². The molecule has 0 aliphatic carbocycles. The van der Waals surface area contributed by atoms with Crippen LogP contribution in [-0.4, -0.2) is 33.3 Å². The summed E-state index contributed by atoms with van der Waals surface area (Å²) in [6.45, 7) is 2.08. The van der Waals surface area contributed by atoms with Crippen molar-refractivity contribution >= 4 is 10.4 Å². The molecule has 0 aromatic heterocycles. The molecule has 0 bridgehead atoms. The molecule has 68 valence electrons. The number of rotatable bonds is 5. The first-order valence-electron chi connectivity index (χ1n) is 3.06. The molecule has 1 unspecified atom stereocenters. The summed E-state index contributed by atoms with van der Waals surface area (Å²) in [6, 6.07) is 0. The molecule has 0 spiro atoms. The van der Waals surface area contributed by atoms with Gasteiger partial charge in [-0.25, -0.2) is 4.18 Å². The molecule has 0 amide bonds. The monoisotopic (exact) mass is 184 g/mol. The molecule has 0 aromatic carbocycles. The molecule has 5 nitrogen and oxygen atoms in total. The van der Waals surface area contributed by atoms with Crippen molar-refractivity contribution in [1.82, 2.24) is 0 Å². The van der Waals surface area contributed by atoms with Crippen molar-refractivity contribution in [3.8, 4) is 0 Å². The Morgan fingerprint density at radius 2 is 2.00 bits per heavy atom. The third-order valence-electron chi connectivity index (χ3n) is 0.953. The van der Waals surface area contributed by atoms with E-state index in [9.17, 15) is 8.42 Å². The minimum absolute atomic E-state index is 0.0538. The quantitative estimate of drug-likeness (QED) is 0.613. The third kappa shape index (κ3) is 7.73. The van der Waals surface area contributed by atoms with Gasteiger partial charge in [0, 0.05) is 13.0 Å². The van der Waals surface area contributed by atoms with Gasteiger partial charge in [-0.2, -0.15) is 8.42 Å². The van der Waals surface area contributed by atoms with Gasteiger partial charge in [0.2, 0.25) is 0 Å². The zero-order valence-electron chi connectivity index (χ0n) is 6.48. The first-order valence-corrected chi connectivity index (χ1v) is 4.43. The van der Waals surface area contributed by atoms with E-state index >= 15 is 0 Å². The Balaban J connectivity index is 3.54. The molecule has 0 aromatic rings. The largest absolute Gasteiger partial charge is 0.397 e. The maximum Gasteiger partial charge on any atom is 0.397 e. The van der Waals surface area contributed by atoms with Crippen LogP contribution in [-0.2, 0) is 19.3 Å². The van der Waals surface area contributed by atoms with Gasteiger partial charge in [0.25, 0.3) is 0 Å². The molecule has 1 N–H and O–H groups in total. The molecular weight excluding hydrogens is 172 g/mol. The molecular formula is C5H12O5S. The number of ether oxygens (including phenoxy) is 1. The molecule has 0 aliphatic rings. The van der Waals surface area contributed by atoms with Gasteiger partial charge >= 0.3 is 10.4 Å². The van der Waals surface area contributed by atoms with E-state index in [4.69, 9.17) is 9.29 Å². The average Bonchev–Trinajstić information content (AvgIpc) is 1.83. The maximum absolute atomic E-state index is 10.0. The fraction of sp³-hybridized carbons (Fsp3) is 1.00. The van der Waals surface area contributed by atoms with Gasteiger partial charge in [-0.15, -0.1) is 0 Å². The molecule has 0 saturated carbocycles. The van der Waals surface area contributed by atoms with E-state index in [0.717, 1.165) is 0 Å². The van der Waals surface area contributed by atoms with Crippen molar-refractivity contribution < 1.29 is 21.9 Å². The second-order valence-corrected chi connectivity index (χ2v) is 3.36. The summed E-state index contributed by atoms with van der Waals surface area (Å²) < 4.78 is 37.0. The van der Waals surface area contributed by atoms with E-state index in [1.165, 1.54) is 7.11 Å². The van der Waals surface area contributed by atoms with E-state index < -0.39 is 10.4 Å². The number of methoxy groups -OCH3 is 1. The van der Waals surface area contributed by atoms with Crippen LogP contribution in [0.15, 0.2) is 0 Å². The minimum atomic E-state index is -4.29. The minimum Gasteiger partial charge on any atom is -0.384 e. The molecule has 0 rings (SSSR count). The van der Waals surface area contributed by atoms with Gasteiger partial charge in [0.1, 0.15) is 0 Å². The lowest BCUT2D eigenvalue weighted by Gasteiger charge is -2.07. The fourth-order valence-electron chi connectivity index (χ4n) is 0.535. The first kappa shape index (κ1) is 10.8. The van der Waals surface area contributed by atoms with Gasteiger partial charge in [0.05, 0.1) is 13.2 Å². The van der Waals surface area contributed by atoms with Gasteiger partial charge in [-0.3, -0.25) is 4.55 Å². The fourth-order valence-corrected chi connectivity index (χ4v) is 0.939. The van der Waals surface area contributed by atoms with Gasteiger partial charge in [0.15, 0.2) is 0 Å². The van der Waals surface area contributed by atoms with Crippen LogP contribution in [0.3, 0.4) is 0 Å². The Morgan fingerprint density at radius 3 is 2.36 bits per heavy atom. The van der Waals surface area contributed by atoms with Crippen LogP contribution in [0.5, 0.6) is 0 Å². The zero-order valence-corrected chi connectivity index (χ0v) is 7.30. The molecule has 0 saturated heterocycles. The van der Waals surface area contributed by atoms with E-state index in [-0.39, 0.29) is 12.5 Å². The summed E-state index contributed by atoms with van der Waals surface area (Å²) in [5, 5.41) is 0. The van der Waals surface area contributed by atoms with Gasteiger partial charge in [-0.05, 0) is 0 Å². The van der Waals surface area contributed by atoms with Crippen LogP contribution in [0, 0.1) is 5.92 Å².